The van der Waals surface area contributed by atoms with Crippen molar-refractivity contribution < 1.29 is 19.1 Å². The van der Waals surface area contributed by atoms with E-state index in [1.807, 2.05) is 12.1 Å². The maximum Gasteiger partial charge on any atom is 0.276 e. The Kier molecular flexibility index (Phi) is 8.08. The number of carbonyl (C=O) groups excluding carboxylic acids is 2. The van der Waals surface area contributed by atoms with E-state index in [0.717, 1.165) is 5.56 Å². The van der Waals surface area contributed by atoms with Gasteiger partial charge in [0.1, 0.15) is 18.1 Å². The molecule has 2 N–H and O–H groups in total. The van der Waals surface area contributed by atoms with E-state index >= 15 is 0 Å². The molecule has 0 aliphatic rings. The lowest BCUT2D eigenvalue weighted by Gasteiger charge is -2.27. The van der Waals surface area contributed by atoms with Gasteiger partial charge in [0.05, 0.1) is 0 Å². The molecular weight excluding hydrogens is 404 g/mol. The molecule has 0 saturated heterocycles. The van der Waals surface area contributed by atoms with Crippen LogP contribution in [0.4, 0.5) is 0 Å². The van der Waals surface area contributed by atoms with E-state index in [1.165, 1.54) is 5.56 Å². The van der Waals surface area contributed by atoms with E-state index in [9.17, 15) is 9.59 Å². The van der Waals surface area contributed by atoms with Crippen LogP contribution in [0.15, 0.2) is 55.1 Å². The predicted molar refractivity (Wildman–Crippen MR) is 127 cm³/mol. The molecule has 0 radical (unpaired) electrons. The van der Waals surface area contributed by atoms with Crippen LogP contribution in [0.25, 0.3) is 0 Å². The van der Waals surface area contributed by atoms with Gasteiger partial charge in [-0.15, -0.1) is 0 Å². The molecule has 6 nitrogen and oxygen atoms in total. The number of benzene rings is 2. The lowest BCUT2D eigenvalue weighted by atomic mass is 9.80. The molecule has 0 atom stereocenters. The normalized spacial score (nSPS) is 11.4. The number of hydrogen-bond acceptors (Lipinski definition) is 4. The van der Waals surface area contributed by atoms with E-state index in [2.05, 4.69) is 65.0 Å². The Hall–Kier alpha value is -3.28. The molecule has 2 aromatic rings. The van der Waals surface area contributed by atoms with Crippen LogP contribution >= 0.6 is 0 Å². The fourth-order valence-electron chi connectivity index (χ4n) is 2.94. The molecule has 6 heteroatoms. The smallest absolute Gasteiger partial charge is 0.276 e. The van der Waals surface area contributed by atoms with Crippen molar-refractivity contribution >= 4 is 11.8 Å². The van der Waals surface area contributed by atoms with Crippen molar-refractivity contribution in [2.75, 3.05) is 13.2 Å². The van der Waals surface area contributed by atoms with Crippen LogP contribution in [-0.2, 0) is 15.6 Å². The molecule has 0 unspecified atom stereocenters. The number of nitrogens with one attached hydrogen (secondary N) is 2. The molecule has 2 amide bonds. The van der Waals surface area contributed by atoms with Gasteiger partial charge in [0.2, 0.25) is 0 Å². The molecular formula is C26H34N2O4. The van der Waals surface area contributed by atoms with Gasteiger partial charge in [-0.2, -0.15) is 0 Å². The van der Waals surface area contributed by atoms with Crippen molar-refractivity contribution in [3.05, 3.63) is 71.8 Å². The van der Waals surface area contributed by atoms with Crippen molar-refractivity contribution in [1.29, 1.82) is 0 Å². The van der Waals surface area contributed by atoms with Gasteiger partial charge >= 0.3 is 0 Å². The molecule has 2 rings (SSSR count). The summed E-state index contributed by atoms with van der Waals surface area (Å²) in [6, 6.07) is 12.6. The van der Waals surface area contributed by atoms with E-state index < -0.39 is 11.8 Å². The minimum atomic E-state index is -0.455. The second kappa shape index (κ2) is 10.4. The monoisotopic (exact) mass is 438 g/mol. The maximum atomic E-state index is 12.2. The number of amides is 2. The molecule has 0 heterocycles. The van der Waals surface area contributed by atoms with Crippen LogP contribution in [0, 0.1) is 0 Å². The Morgan fingerprint density at radius 3 is 2.12 bits per heavy atom. The maximum absolute atomic E-state index is 12.2. The standard InChI is InChI=1S/C26H34N2O4/c1-8-15-31-20-12-9-18(10-13-20)24(30)28-27-23(29)17-32-22-14-11-19(25(2,3)4)16-21(22)26(5,6)7/h8-14,16H,1,15,17H2,2-7H3,(H,27,29)(H,28,30). The number of hydrazine groups is 1. The molecule has 0 bridgehead atoms. The average Bonchev–Trinajstić information content (AvgIpc) is 2.73. The summed E-state index contributed by atoms with van der Waals surface area (Å²) in [5, 5.41) is 0. The van der Waals surface area contributed by atoms with Crippen molar-refractivity contribution in [3.63, 3.8) is 0 Å². The van der Waals surface area contributed by atoms with E-state index in [-0.39, 0.29) is 17.4 Å². The van der Waals surface area contributed by atoms with Crippen LogP contribution in [0.2, 0.25) is 0 Å². The van der Waals surface area contributed by atoms with Gasteiger partial charge in [0, 0.05) is 5.56 Å². The molecule has 0 aromatic heterocycles. The van der Waals surface area contributed by atoms with E-state index in [1.54, 1.807) is 30.3 Å². The minimum Gasteiger partial charge on any atom is -0.490 e. The third-order valence-corrected chi connectivity index (χ3v) is 4.81. The minimum absolute atomic E-state index is 0.0101. The van der Waals surface area contributed by atoms with Gasteiger partial charge < -0.3 is 9.47 Å². The van der Waals surface area contributed by atoms with Crippen LogP contribution in [-0.4, -0.2) is 25.0 Å². The van der Waals surface area contributed by atoms with E-state index in [4.69, 9.17) is 9.47 Å². The molecule has 2 aromatic carbocycles. The summed E-state index contributed by atoms with van der Waals surface area (Å²) in [4.78, 5) is 24.5. The summed E-state index contributed by atoms with van der Waals surface area (Å²) in [6.45, 7) is 16.6. The first kappa shape index (κ1) is 25.0. The fourth-order valence-corrected chi connectivity index (χ4v) is 2.94. The Morgan fingerprint density at radius 1 is 0.906 bits per heavy atom. The van der Waals surface area contributed by atoms with Crippen LogP contribution in [0.3, 0.4) is 0 Å². The first-order valence-corrected chi connectivity index (χ1v) is 10.6. The number of ether oxygens (including phenoxy) is 2. The Balaban J connectivity index is 1.95. The average molecular weight is 439 g/mol. The quantitative estimate of drug-likeness (QED) is 0.486. The lowest BCUT2D eigenvalue weighted by Crippen LogP contribution is -2.43. The molecule has 172 valence electrons. The summed E-state index contributed by atoms with van der Waals surface area (Å²) >= 11 is 0. The second-order valence-electron chi connectivity index (χ2n) is 9.63. The van der Waals surface area contributed by atoms with Crippen molar-refractivity contribution in [2.24, 2.45) is 0 Å². The Labute approximate surface area is 191 Å². The highest BCUT2D eigenvalue weighted by molar-refractivity contribution is 5.95. The first-order chi connectivity index (χ1) is 14.9. The highest BCUT2D eigenvalue weighted by Gasteiger charge is 2.23. The van der Waals surface area contributed by atoms with Gasteiger partial charge in [-0.25, -0.2) is 0 Å². The zero-order chi connectivity index (χ0) is 23.9. The third-order valence-electron chi connectivity index (χ3n) is 4.81. The zero-order valence-electron chi connectivity index (χ0n) is 19.9. The van der Waals surface area contributed by atoms with E-state index in [0.29, 0.717) is 23.7 Å². The summed E-state index contributed by atoms with van der Waals surface area (Å²) < 4.78 is 11.2. The number of carbonyl (C=O) groups is 2. The van der Waals surface area contributed by atoms with Gasteiger partial charge in [0.15, 0.2) is 6.61 Å². The lowest BCUT2D eigenvalue weighted by molar-refractivity contribution is -0.123. The van der Waals surface area contributed by atoms with Crippen molar-refractivity contribution in [3.8, 4) is 11.5 Å². The van der Waals surface area contributed by atoms with Gasteiger partial charge in [-0.05, 0) is 52.3 Å². The summed E-state index contributed by atoms with van der Waals surface area (Å²) in [5.74, 6) is 0.399. The summed E-state index contributed by atoms with van der Waals surface area (Å²) in [7, 11) is 0. The van der Waals surface area contributed by atoms with Crippen molar-refractivity contribution in [1.82, 2.24) is 10.9 Å². The summed E-state index contributed by atoms with van der Waals surface area (Å²) in [5.41, 5.74) is 7.27. The molecule has 0 aliphatic heterocycles. The molecule has 0 spiro atoms. The highest BCUT2D eigenvalue weighted by Crippen LogP contribution is 2.35. The van der Waals surface area contributed by atoms with Crippen LogP contribution in [0.5, 0.6) is 11.5 Å². The fraction of sp³-hybridized carbons (Fsp3) is 0.385. The van der Waals surface area contributed by atoms with Gasteiger partial charge in [-0.3, -0.25) is 20.4 Å². The predicted octanol–water partition coefficient (Wildman–Crippen LogP) is 4.69. The highest BCUT2D eigenvalue weighted by atomic mass is 16.5. The van der Waals surface area contributed by atoms with Gasteiger partial charge in [-0.1, -0.05) is 66.3 Å². The number of rotatable bonds is 7. The molecule has 32 heavy (non-hydrogen) atoms. The zero-order valence-corrected chi connectivity index (χ0v) is 19.9. The largest absolute Gasteiger partial charge is 0.490 e. The molecule has 0 fully saturated rings. The third kappa shape index (κ3) is 7.15. The Bertz CT molecular complexity index is 951. The first-order valence-electron chi connectivity index (χ1n) is 10.6. The number of hydrogen-bond donors (Lipinski definition) is 2. The molecule has 0 aliphatic carbocycles. The van der Waals surface area contributed by atoms with Gasteiger partial charge in [0.25, 0.3) is 11.8 Å². The topological polar surface area (TPSA) is 76.7 Å². The SMILES string of the molecule is C=CCOc1ccc(C(=O)NNC(=O)COc2ccc(C(C)(C)C)cc2C(C)(C)C)cc1. The van der Waals surface area contributed by atoms with Crippen LogP contribution in [0.1, 0.15) is 63.0 Å². The summed E-state index contributed by atoms with van der Waals surface area (Å²) in [6.07, 6.45) is 1.64. The second-order valence-corrected chi connectivity index (χ2v) is 9.63. The Morgan fingerprint density at radius 2 is 1.56 bits per heavy atom. The molecule has 0 saturated carbocycles. The van der Waals surface area contributed by atoms with Crippen molar-refractivity contribution in [2.45, 2.75) is 52.4 Å². The van der Waals surface area contributed by atoms with Crippen LogP contribution < -0.4 is 20.3 Å².